The average Bonchev–Trinajstić information content (AvgIpc) is 2.51. The molecule has 2 amide bonds. The van der Waals surface area contributed by atoms with Crippen LogP contribution in [0.2, 0.25) is 0 Å². The SMILES string of the molecule is CC(C)C[C@H](NC(=O)c1cc([N+](=O)[O-])cc([N+](=O)[O-])c1)C(=O)NC(C)(C)C. The summed E-state index contributed by atoms with van der Waals surface area (Å²) >= 11 is 0. The monoisotopic (exact) mass is 380 g/mol. The van der Waals surface area contributed by atoms with Crippen molar-refractivity contribution in [2.24, 2.45) is 5.92 Å². The Balaban J connectivity index is 3.15. The van der Waals surface area contributed by atoms with Gasteiger partial charge in [-0.15, -0.1) is 0 Å². The third-order valence-electron chi connectivity index (χ3n) is 3.41. The Morgan fingerprint density at radius 2 is 1.52 bits per heavy atom. The molecule has 1 rings (SSSR count). The van der Waals surface area contributed by atoms with Gasteiger partial charge in [-0.2, -0.15) is 0 Å². The van der Waals surface area contributed by atoms with Gasteiger partial charge >= 0.3 is 0 Å². The molecule has 10 nitrogen and oxygen atoms in total. The minimum absolute atomic E-state index is 0.0838. The predicted octanol–water partition coefficient (Wildman–Crippen LogP) is 2.56. The highest BCUT2D eigenvalue weighted by molar-refractivity contribution is 5.98. The molecule has 0 heterocycles. The maximum Gasteiger partial charge on any atom is 0.277 e. The second-order valence-corrected chi connectivity index (χ2v) is 7.65. The first-order chi connectivity index (χ1) is 12.3. The minimum Gasteiger partial charge on any atom is -0.350 e. The van der Waals surface area contributed by atoms with Gasteiger partial charge in [0.1, 0.15) is 6.04 Å². The first-order valence-electron chi connectivity index (χ1n) is 8.37. The lowest BCUT2D eigenvalue weighted by Gasteiger charge is -2.26. The van der Waals surface area contributed by atoms with E-state index in [-0.39, 0.29) is 11.5 Å². The molecule has 0 saturated heterocycles. The summed E-state index contributed by atoms with van der Waals surface area (Å²) in [6.07, 6.45) is 0.338. The number of hydrogen-bond acceptors (Lipinski definition) is 6. The molecule has 0 spiro atoms. The van der Waals surface area contributed by atoms with Crippen molar-refractivity contribution >= 4 is 23.2 Å². The van der Waals surface area contributed by atoms with Crippen molar-refractivity contribution in [3.8, 4) is 0 Å². The van der Waals surface area contributed by atoms with E-state index in [0.717, 1.165) is 18.2 Å². The molecule has 0 bridgehead atoms. The molecular formula is C17H24N4O6. The van der Waals surface area contributed by atoms with E-state index in [4.69, 9.17) is 0 Å². The lowest BCUT2D eigenvalue weighted by atomic mass is 10.0. The van der Waals surface area contributed by atoms with Crippen LogP contribution in [0.3, 0.4) is 0 Å². The molecule has 0 unspecified atom stereocenters. The summed E-state index contributed by atoms with van der Waals surface area (Å²) in [5.74, 6) is -1.11. The lowest BCUT2D eigenvalue weighted by molar-refractivity contribution is -0.394. The molecule has 148 valence electrons. The van der Waals surface area contributed by atoms with E-state index >= 15 is 0 Å². The van der Waals surface area contributed by atoms with Crippen molar-refractivity contribution in [2.45, 2.75) is 52.6 Å². The van der Waals surface area contributed by atoms with E-state index < -0.39 is 44.6 Å². The first kappa shape index (κ1) is 22.0. The largest absolute Gasteiger partial charge is 0.350 e. The van der Waals surface area contributed by atoms with Gasteiger partial charge in [0.2, 0.25) is 5.91 Å². The van der Waals surface area contributed by atoms with Crippen molar-refractivity contribution in [3.05, 3.63) is 44.0 Å². The fraction of sp³-hybridized carbons (Fsp3) is 0.529. The summed E-state index contributed by atoms with van der Waals surface area (Å²) in [5.41, 5.74) is -1.92. The highest BCUT2D eigenvalue weighted by atomic mass is 16.6. The molecule has 0 aliphatic rings. The van der Waals surface area contributed by atoms with Crippen molar-refractivity contribution in [1.29, 1.82) is 0 Å². The van der Waals surface area contributed by atoms with E-state index in [9.17, 15) is 29.8 Å². The van der Waals surface area contributed by atoms with Crippen LogP contribution in [0.15, 0.2) is 18.2 Å². The quantitative estimate of drug-likeness (QED) is 0.549. The average molecular weight is 380 g/mol. The van der Waals surface area contributed by atoms with E-state index in [1.54, 1.807) is 20.8 Å². The minimum atomic E-state index is -0.880. The molecule has 0 aromatic heterocycles. The highest BCUT2D eigenvalue weighted by Crippen LogP contribution is 2.23. The zero-order valence-electron chi connectivity index (χ0n) is 15.9. The van der Waals surface area contributed by atoms with Crippen molar-refractivity contribution in [2.75, 3.05) is 0 Å². The number of carbonyl (C=O) groups excluding carboxylic acids is 2. The normalized spacial score (nSPS) is 12.4. The number of nitrogens with one attached hydrogen (secondary N) is 2. The number of benzene rings is 1. The number of carbonyl (C=O) groups is 2. The smallest absolute Gasteiger partial charge is 0.277 e. The van der Waals surface area contributed by atoms with Crippen LogP contribution in [0.5, 0.6) is 0 Å². The molecule has 1 aromatic rings. The molecular weight excluding hydrogens is 356 g/mol. The van der Waals surface area contributed by atoms with Crippen LogP contribution >= 0.6 is 0 Å². The maximum absolute atomic E-state index is 12.5. The van der Waals surface area contributed by atoms with E-state index in [1.807, 2.05) is 13.8 Å². The third-order valence-corrected chi connectivity index (χ3v) is 3.41. The molecule has 2 N–H and O–H groups in total. The van der Waals surface area contributed by atoms with E-state index in [2.05, 4.69) is 10.6 Å². The Morgan fingerprint density at radius 3 is 1.89 bits per heavy atom. The van der Waals surface area contributed by atoms with Crippen LogP contribution in [0.4, 0.5) is 11.4 Å². The van der Waals surface area contributed by atoms with Gasteiger partial charge in [-0.25, -0.2) is 0 Å². The van der Waals surface area contributed by atoms with E-state index in [1.165, 1.54) is 0 Å². The van der Waals surface area contributed by atoms with Crippen LogP contribution < -0.4 is 10.6 Å². The summed E-state index contributed by atoms with van der Waals surface area (Å²) in [6.45, 7) is 9.14. The molecule has 0 saturated carbocycles. The van der Waals surface area contributed by atoms with Gasteiger partial charge in [-0.05, 0) is 33.1 Å². The maximum atomic E-state index is 12.5. The molecule has 1 aromatic carbocycles. The standard InChI is InChI=1S/C17H24N4O6/c1-10(2)6-14(16(23)19-17(3,4)5)18-15(22)11-7-12(20(24)25)9-13(8-11)21(26)27/h7-10,14H,6H2,1-5H3,(H,18,22)(H,19,23)/t14-/m0/s1. The molecule has 27 heavy (non-hydrogen) atoms. The second-order valence-electron chi connectivity index (χ2n) is 7.65. The molecule has 10 heteroatoms. The number of amides is 2. The van der Waals surface area contributed by atoms with Gasteiger partial charge in [0.05, 0.1) is 21.5 Å². The van der Waals surface area contributed by atoms with Crippen LogP contribution in [0, 0.1) is 26.1 Å². The first-order valence-corrected chi connectivity index (χ1v) is 8.37. The molecule has 1 atom stereocenters. The lowest BCUT2D eigenvalue weighted by Crippen LogP contribution is -2.52. The molecule has 0 fully saturated rings. The summed E-state index contributed by atoms with van der Waals surface area (Å²) in [5, 5.41) is 27.2. The highest BCUT2D eigenvalue weighted by Gasteiger charge is 2.27. The van der Waals surface area contributed by atoms with Crippen molar-refractivity contribution in [1.82, 2.24) is 10.6 Å². The van der Waals surface area contributed by atoms with Crippen molar-refractivity contribution in [3.63, 3.8) is 0 Å². The summed E-state index contributed by atoms with van der Waals surface area (Å²) in [4.78, 5) is 45.3. The van der Waals surface area contributed by atoms with Gasteiger partial charge in [0.15, 0.2) is 0 Å². The van der Waals surface area contributed by atoms with Crippen LogP contribution in [0.25, 0.3) is 0 Å². The number of rotatable bonds is 7. The van der Waals surface area contributed by atoms with Gasteiger partial charge in [0, 0.05) is 17.7 Å². The zero-order valence-corrected chi connectivity index (χ0v) is 15.9. The summed E-state index contributed by atoms with van der Waals surface area (Å²) in [6, 6.07) is 1.77. The van der Waals surface area contributed by atoms with Gasteiger partial charge < -0.3 is 10.6 Å². The van der Waals surface area contributed by atoms with Crippen LogP contribution in [-0.2, 0) is 4.79 Å². The summed E-state index contributed by atoms with van der Waals surface area (Å²) < 4.78 is 0. The van der Waals surface area contributed by atoms with Gasteiger partial charge in [-0.1, -0.05) is 13.8 Å². The Kier molecular flexibility index (Phi) is 6.98. The molecule has 0 aliphatic heterocycles. The number of hydrogen-bond donors (Lipinski definition) is 2. The van der Waals surface area contributed by atoms with Gasteiger partial charge in [0.25, 0.3) is 17.3 Å². The fourth-order valence-corrected chi connectivity index (χ4v) is 2.34. The molecule has 0 aliphatic carbocycles. The van der Waals surface area contributed by atoms with Crippen LogP contribution in [0.1, 0.15) is 51.4 Å². The summed E-state index contributed by atoms with van der Waals surface area (Å²) in [7, 11) is 0. The second kappa shape index (κ2) is 8.56. The fourth-order valence-electron chi connectivity index (χ4n) is 2.34. The molecule has 0 radical (unpaired) electrons. The van der Waals surface area contributed by atoms with Gasteiger partial charge in [-0.3, -0.25) is 29.8 Å². The Hall–Kier alpha value is -3.04. The number of non-ortho nitro benzene ring substituents is 2. The number of nitrogens with zero attached hydrogens (tertiary/aromatic N) is 2. The number of nitro groups is 2. The predicted molar refractivity (Wildman–Crippen MR) is 98.4 cm³/mol. The van der Waals surface area contributed by atoms with E-state index in [0.29, 0.717) is 6.42 Å². The topological polar surface area (TPSA) is 144 Å². The Bertz CT molecular complexity index is 722. The number of nitro benzene ring substituents is 2. The third kappa shape index (κ3) is 7.00. The Morgan fingerprint density at radius 1 is 1.04 bits per heavy atom. The van der Waals surface area contributed by atoms with Crippen LogP contribution in [-0.4, -0.2) is 33.2 Å². The Labute approximate surface area is 156 Å². The van der Waals surface area contributed by atoms with Crippen molar-refractivity contribution < 1.29 is 19.4 Å². The zero-order chi connectivity index (χ0) is 20.9.